The molecule has 1 aliphatic rings. The smallest absolute Gasteiger partial charge is 0.328 e. The van der Waals surface area contributed by atoms with Crippen molar-refractivity contribution in [3.63, 3.8) is 0 Å². The second-order valence-corrected chi connectivity index (χ2v) is 6.17. The van der Waals surface area contributed by atoms with Gasteiger partial charge in [-0.3, -0.25) is 0 Å². The lowest BCUT2D eigenvalue weighted by atomic mass is 9.94. The maximum absolute atomic E-state index is 9.55. The summed E-state index contributed by atoms with van der Waals surface area (Å²) in [5.41, 5.74) is 9.16. The van der Waals surface area contributed by atoms with Crippen LogP contribution < -0.4 is 15.2 Å². The molecule has 0 fully saturated rings. The summed E-state index contributed by atoms with van der Waals surface area (Å²) in [6.45, 7) is 0. The molecule has 2 aromatic rings. The van der Waals surface area contributed by atoms with Crippen LogP contribution in [0.4, 0.5) is 5.69 Å². The second kappa shape index (κ2) is 9.97. The van der Waals surface area contributed by atoms with E-state index in [9.17, 15) is 9.59 Å². The molecule has 0 radical (unpaired) electrons. The highest BCUT2D eigenvalue weighted by molar-refractivity contribution is 5.89. The van der Waals surface area contributed by atoms with Crippen LogP contribution in [0.5, 0.6) is 11.5 Å². The number of hydrogen-bond donors (Lipinski definition) is 3. The molecule has 0 saturated carbocycles. The van der Waals surface area contributed by atoms with Crippen LogP contribution in [-0.2, 0) is 9.59 Å². The monoisotopic (exact) mass is 413 g/mol. The van der Waals surface area contributed by atoms with Crippen LogP contribution >= 0.6 is 0 Å². The Morgan fingerprint density at radius 2 is 1.63 bits per heavy atom. The third kappa shape index (κ3) is 5.28. The van der Waals surface area contributed by atoms with Crippen molar-refractivity contribution in [1.82, 2.24) is 4.90 Å². The van der Waals surface area contributed by atoms with Crippen molar-refractivity contribution in [3.8, 4) is 11.5 Å². The van der Waals surface area contributed by atoms with Crippen molar-refractivity contribution in [2.24, 2.45) is 10.7 Å². The van der Waals surface area contributed by atoms with Crippen molar-refractivity contribution in [2.45, 2.75) is 6.04 Å². The number of aliphatic imine (C=N–C) groups is 1. The molecule has 1 atom stereocenters. The molecule has 2 aromatic carbocycles. The van der Waals surface area contributed by atoms with Crippen LogP contribution in [0, 0.1) is 0 Å². The largest absolute Gasteiger partial charge is 0.493 e. The molecule has 0 saturated heterocycles. The first kappa shape index (κ1) is 22.3. The third-order valence-electron chi connectivity index (χ3n) is 4.31. The van der Waals surface area contributed by atoms with Gasteiger partial charge in [0.2, 0.25) is 0 Å². The predicted octanol–water partition coefficient (Wildman–Crippen LogP) is 2.40. The highest BCUT2D eigenvalue weighted by Crippen LogP contribution is 2.40. The van der Waals surface area contributed by atoms with E-state index in [1.54, 1.807) is 14.2 Å². The van der Waals surface area contributed by atoms with Crippen molar-refractivity contribution in [3.05, 3.63) is 65.7 Å². The fourth-order valence-corrected chi connectivity index (χ4v) is 2.93. The normalized spacial score (nSPS) is 14.8. The van der Waals surface area contributed by atoms with Gasteiger partial charge >= 0.3 is 11.9 Å². The van der Waals surface area contributed by atoms with Gasteiger partial charge in [0, 0.05) is 24.8 Å². The number of carboxylic acid groups (broad SMARTS) is 2. The lowest BCUT2D eigenvalue weighted by Gasteiger charge is -2.34. The van der Waals surface area contributed by atoms with Gasteiger partial charge in [-0.15, -0.1) is 0 Å². The number of fused-ring (bicyclic) bond motifs is 1. The van der Waals surface area contributed by atoms with E-state index in [2.05, 4.69) is 11.1 Å². The zero-order valence-electron chi connectivity index (χ0n) is 16.8. The molecule has 158 valence electrons. The summed E-state index contributed by atoms with van der Waals surface area (Å²) in [6, 6.07) is 13.9. The molecule has 0 aromatic heterocycles. The first-order valence-corrected chi connectivity index (χ1v) is 8.80. The van der Waals surface area contributed by atoms with E-state index < -0.39 is 11.9 Å². The lowest BCUT2D eigenvalue weighted by molar-refractivity contribution is -0.134. The highest BCUT2D eigenvalue weighted by atomic mass is 16.5. The fourth-order valence-electron chi connectivity index (χ4n) is 2.93. The summed E-state index contributed by atoms with van der Waals surface area (Å²) in [4.78, 5) is 25.5. The van der Waals surface area contributed by atoms with E-state index in [0.29, 0.717) is 29.6 Å². The Labute approximate surface area is 173 Å². The van der Waals surface area contributed by atoms with Gasteiger partial charge in [0.05, 0.1) is 25.9 Å². The topological polar surface area (TPSA) is 135 Å². The van der Waals surface area contributed by atoms with Gasteiger partial charge in [-0.2, -0.15) is 0 Å². The standard InChI is InChI=1S/C17H19N3O2.C4H4O4/c1-20-16(11-8-9-14(21-2)15(10-11)22-3)12-6-4-5-7-13(12)19-17(20)18;5-3(6)1-2-4(7)8/h4-10,16H,1-3H3,(H2,18,19);1-2H,(H,5,6)(H,7,8). The summed E-state index contributed by atoms with van der Waals surface area (Å²) in [7, 11) is 5.20. The molecule has 0 aliphatic carbocycles. The van der Waals surface area contributed by atoms with Gasteiger partial charge in [0.15, 0.2) is 17.5 Å². The van der Waals surface area contributed by atoms with Crippen LogP contribution in [0.3, 0.4) is 0 Å². The Morgan fingerprint density at radius 1 is 1.03 bits per heavy atom. The van der Waals surface area contributed by atoms with E-state index in [0.717, 1.165) is 16.8 Å². The van der Waals surface area contributed by atoms with Crippen molar-refractivity contribution >= 4 is 23.6 Å². The Kier molecular flexibility index (Phi) is 7.40. The van der Waals surface area contributed by atoms with Gasteiger partial charge in [-0.1, -0.05) is 24.3 Å². The average Bonchev–Trinajstić information content (AvgIpc) is 2.73. The van der Waals surface area contributed by atoms with Crippen LogP contribution in [0.2, 0.25) is 0 Å². The summed E-state index contributed by atoms with van der Waals surface area (Å²) in [6.07, 6.45) is 1.12. The minimum atomic E-state index is -1.26. The molecular weight excluding hydrogens is 390 g/mol. The summed E-state index contributed by atoms with van der Waals surface area (Å²) in [5, 5.41) is 15.6. The Hall–Kier alpha value is -4.01. The van der Waals surface area contributed by atoms with E-state index in [-0.39, 0.29) is 6.04 Å². The second-order valence-electron chi connectivity index (χ2n) is 6.17. The van der Waals surface area contributed by atoms with Gasteiger partial charge in [-0.25, -0.2) is 14.6 Å². The maximum Gasteiger partial charge on any atom is 0.328 e. The Balaban J connectivity index is 0.000000343. The first-order valence-electron chi connectivity index (χ1n) is 8.80. The molecular formula is C21H23N3O6. The van der Waals surface area contributed by atoms with Crippen molar-refractivity contribution in [2.75, 3.05) is 21.3 Å². The molecule has 1 heterocycles. The molecule has 0 amide bonds. The van der Waals surface area contributed by atoms with Gasteiger partial charge in [0.25, 0.3) is 0 Å². The van der Waals surface area contributed by atoms with Crippen LogP contribution in [0.1, 0.15) is 17.2 Å². The number of aliphatic carboxylic acids is 2. The first-order chi connectivity index (χ1) is 14.3. The number of ether oxygens (including phenoxy) is 2. The Bertz CT molecular complexity index is 970. The van der Waals surface area contributed by atoms with Crippen molar-refractivity contribution < 1.29 is 29.3 Å². The number of hydrogen-bond acceptors (Lipinski definition) is 7. The molecule has 0 spiro atoms. The van der Waals surface area contributed by atoms with Crippen LogP contribution in [0.15, 0.2) is 59.6 Å². The summed E-state index contributed by atoms with van der Waals surface area (Å²) < 4.78 is 10.7. The molecule has 9 nitrogen and oxygen atoms in total. The van der Waals surface area contributed by atoms with E-state index >= 15 is 0 Å². The quantitative estimate of drug-likeness (QED) is 0.636. The summed E-state index contributed by atoms with van der Waals surface area (Å²) in [5.74, 6) is -0.607. The third-order valence-corrected chi connectivity index (χ3v) is 4.31. The molecule has 30 heavy (non-hydrogen) atoms. The molecule has 1 unspecified atom stereocenters. The number of guanidine groups is 1. The zero-order valence-corrected chi connectivity index (χ0v) is 16.8. The van der Waals surface area contributed by atoms with Crippen LogP contribution in [-0.4, -0.2) is 54.3 Å². The number of benzene rings is 2. The van der Waals surface area contributed by atoms with Gasteiger partial charge < -0.3 is 30.3 Å². The van der Waals surface area contributed by atoms with E-state index in [1.807, 2.05) is 48.3 Å². The van der Waals surface area contributed by atoms with E-state index in [4.69, 9.17) is 25.4 Å². The van der Waals surface area contributed by atoms with Gasteiger partial charge in [0.1, 0.15) is 0 Å². The number of nitrogens with zero attached hydrogens (tertiary/aromatic N) is 2. The molecule has 3 rings (SSSR count). The summed E-state index contributed by atoms with van der Waals surface area (Å²) >= 11 is 0. The van der Waals surface area contributed by atoms with Crippen molar-refractivity contribution in [1.29, 1.82) is 0 Å². The molecule has 4 N–H and O–H groups in total. The van der Waals surface area contributed by atoms with Gasteiger partial charge in [-0.05, 0) is 23.8 Å². The maximum atomic E-state index is 9.55. The SMILES string of the molecule is COc1ccc(C2c3ccccc3N=C(N)N2C)cc1OC.O=C(O)C=CC(=O)O. The minimum Gasteiger partial charge on any atom is -0.493 e. The highest BCUT2D eigenvalue weighted by Gasteiger charge is 2.28. The molecule has 0 bridgehead atoms. The number of carboxylic acids is 2. The Morgan fingerprint density at radius 3 is 2.20 bits per heavy atom. The van der Waals surface area contributed by atoms with Crippen LogP contribution in [0.25, 0.3) is 0 Å². The molecule has 1 aliphatic heterocycles. The number of rotatable bonds is 5. The lowest BCUT2D eigenvalue weighted by Crippen LogP contribution is -2.39. The number of nitrogens with two attached hydrogens (primary N) is 1. The average molecular weight is 413 g/mol. The number of para-hydroxylation sites is 1. The fraction of sp³-hybridized carbons (Fsp3) is 0.190. The van der Waals surface area contributed by atoms with E-state index in [1.165, 1.54) is 0 Å². The molecule has 9 heteroatoms. The minimum absolute atomic E-state index is 0.00601. The number of methoxy groups -OCH3 is 2. The zero-order chi connectivity index (χ0) is 22.3. The predicted molar refractivity (Wildman–Crippen MR) is 111 cm³/mol. The number of carbonyl (C=O) groups is 2.